The van der Waals surface area contributed by atoms with Crippen LogP contribution in [0.4, 0.5) is 0 Å². The highest BCUT2D eigenvalue weighted by molar-refractivity contribution is 5.61. The molecule has 0 radical (unpaired) electrons. The zero-order valence-corrected chi connectivity index (χ0v) is 8.33. The van der Waals surface area contributed by atoms with Crippen molar-refractivity contribution in [3.8, 4) is 12.3 Å². The van der Waals surface area contributed by atoms with Crippen molar-refractivity contribution in [1.29, 1.82) is 0 Å². The summed E-state index contributed by atoms with van der Waals surface area (Å²) in [5.41, 5.74) is 5.28. The van der Waals surface area contributed by atoms with E-state index >= 15 is 0 Å². The number of rotatable bonds is 4. The number of nitrogens with zero attached hydrogens (tertiary/aromatic N) is 1. The van der Waals surface area contributed by atoms with E-state index in [4.69, 9.17) is 6.42 Å². The van der Waals surface area contributed by atoms with Gasteiger partial charge in [-0.3, -0.25) is 5.43 Å². The molecule has 2 heteroatoms. The van der Waals surface area contributed by atoms with Crippen LogP contribution in [-0.4, -0.2) is 12.8 Å². The van der Waals surface area contributed by atoms with Gasteiger partial charge in [-0.15, -0.1) is 6.42 Å². The third kappa shape index (κ3) is 3.77. The van der Waals surface area contributed by atoms with Crippen LogP contribution in [-0.2, 0) is 6.42 Å². The average molecular weight is 186 g/mol. The SMILES string of the molecule is C#CCN/N=C/Cc1ccc(C)cc1. The van der Waals surface area contributed by atoms with Crippen LogP contribution in [0.3, 0.4) is 0 Å². The normalized spacial score (nSPS) is 10.0. The Balaban J connectivity index is 2.35. The Morgan fingerprint density at radius 2 is 2.14 bits per heavy atom. The van der Waals surface area contributed by atoms with Crippen LogP contribution in [0.15, 0.2) is 29.4 Å². The van der Waals surface area contributed by atoms with Crippen molar-refractivity contribution in [1.82, 2.24) is 5.43 Å². The zero-order valence-electron chi connectivity index (χ0n) is 8.33. The topological polar surface area (TPSA) is 24.4 Å². The summed E-state index contributed by atoms with van der Waals surface area (Å²) in [7, 11) is 0. The van der Waals surface area contributed by atoms with Gasteiger partial charge in [0.25, 0.3) is 0 Å². The Hall–Kier alpha value is -1.75. The van der Waals surface area contributed by atoms with Crippen LogP contribution in [0.5, 0.6) is 0 Å². The van der Waals surface area contributed by atoms with Crippen molar-refractivity contribution < 1.29 is 0 Å². The number of hydrogen-bond acceptors (Lipinski definition) is 2. The van der Waals surface area contributed by atoms with Gasteiger partial charge in [0.15, 0.2) is 0 Å². The summed E-state index contributed by atoms with van der Waals surface area (Å²) in [6, 6.07) is 8.39. The van der Waals surface area contributed by atoms with Crippen LogP contribution in [0.25, 0.3) is 0 Å². The van der Waals surface area contributed by atoms with E-state index in [0.29, 0.717) is 6.54 Å². The maximum atomic E-state index is 5.05. The van der Waals surface area contributed by atoms with E-state index in [2.05, 4.69) is 47.6 Å². The number of benzene rings is 1. The molecule has 0 unspecified atom stereocenters. The number of aryl methyl sites for hydroxylation is 1. The standard InChI is InChI=1S/C12H14N2/c1-3-9-13-14-10-8-12-6-4-11(2)5-7-12/h1,4-7,10,13H,8-9H2,2H3/b14-10+. The second-order valence-corrected chi connectivity index (χ2v) is 3.04. The van der Waals surface area contributed by atoms with Crippen molar-refractivity contribution >= 4 is 6.21 Å². The Kier molecular flexibility index (Phi) is 4.30. The largest absolute Gasteiger partial charge is 0.298 e. The molecule has 0 aliphatic rings. The molecule has 0 amide bonds. The molecule has 0 atom stereocenters. The van der Waals surface area contributed by atoms with Gasteiger partial charge in [-0.25, -0.2) is 0 Å². The van der Waals surface area contributed by atoms with Crippen LogP contribution >= 0.6 is 0 Å². The molecule has 72 valence electrons. The predicted octanol–water partition coefficient (Wildman–Crippen LogP) is 1.75. The van der Waals surface area contributed by atoms with Gasteiger partial charge in [0.1, 0.15) is 0 Å². The molecule has 0 fully saturated rings. The minimum Gasteiger partial charge on any atom is -0.298 e. The fourth-order valence-corrected chi connectivity index (χ4v) is 1.03. The first-order valence-corrected chi connectivity index (χ1v) is 4.56. The summed E-state index contributed by atoms with van der Waals surface area (Å²) >= 11 is 0. The lowest BCUT2D eigenvalue weighted by atomic mass is 10.1. The van der Waals surface area contributed by atoms with E-state index in [1.165, 1.54) is 11.1 Å². The van der Waals surface area contributed by atoms with E-state index in [0.717, 1.165) is 6.42 Å². The Labute approximate surface area is 85.0 Å². The van der Waals surface area contributed by atoms with Gasteiger partial charge >= 0.3 is 0 Å². The van der Waals surface area contributed by atoms with Gasteiger partial charge in [-0.1, -0.05) is 35.7 Å². The second-order valence-electron chi connectivity index (χ2n) is 3.04. The Morgan fingerprint density at radius 1 is 1.43 bits per heavy atom. The molecule has 0 saturated heterocycles. The van der Waals surface area contributed by atoms with Crippen molar-refractivity contribution in [3.05, 3.63) is 35.4 Å². The lowest BCUT2D eigenvalue weighted by Crippen LogP contribution is -2.05. The summed E-state index contributed by atoms with van der Waals surface area (Å²) in [4.78, 5) is 0. The van der Waals surface area contributed by atoms with Gasteiger partial charge in [0.05, 0.1) is 6.54 Å². The third-order valence-electron chi connectivity index (χ3n) is 1.81. The van der Waals surface area contributed by atoms with Crippen LogP contribution in [0, 0.1) is 19.3 Å². The number of nitrogens with one attached hydrogen (secondary N) is 1. The monoisotopic (exact) mass is 186 g/mol. The molecule has 1 aromatic carbocycles. The highest BCUT2D eigenvalue weighted by Crippen LogP contribution is 2.02. The van der Waals surface area contributed by atoms with Crippen molar-refractivity contribution in [3.63, 3.8) is 0 Å². The lowest BCUT2D eigenvalue weighted by molar-refractivity contribution is 0.841. The molecule has 0 aliphatic heterocycles. The Bertz CT molecular complexity index is 330. The average Bonchev–Trinajstić information content (AvgIpc) is 2.21. The lowest BCUT2D eigenvalue weighted by Gasteiger charge is -1.96. The molecule has 0 aromatic heterocycles. The predicted molar refractivity (Wildman–Crippen MR) is 60.2 cm³/mol. The second kappa shape index (κ2) is 5.82. The highest BCUT2D eigenvalue weighted by Gasteiger charge is 1.88. The van der Waals surface area contributed by atoms with Crippen LogP contribution < -0.4 is 5.43 Å². The summed E-state index contributed by atoms with van der Waals surface area (Å²) in [6.07, 6.45) is 7.70. The first-order valence-electron chi connectivity index (χ1n) is 4.56. The minimum atomic E-state index is 0.477. The fourth-order valence-electron chi connectivity index (χ4n) is 1.03. The molecule has 1 aromatic rings. The van der Waals surface area contributed by atoms with Gasteiger partial charge in [0, 0.05) is 12.6 Å². The molecule has 0 saturated carbocycles. The number of hydrogen-bond donors (Lipinski definition) is 1. The maximum absolute atomic E-state index is 5.05. The van der Waals surface area contributed by atoms with Gasteiger partial charge in [-0.2, -0.15) is 5.10 Å². The van der Waals surface area contributed by atoms with Crippen molar-refractivity contribution in [2.75, 3.05) is 6.54 Å². The minimum absolute atomic E-state index is 0.477. The van der Waals surface area contributed by atoms with E-state index in [1.54, 1.807) is 0 Å². The summed E-state index contributed by atoms with van der Waals surface area (Å²) in [5.74, 6) is 2.45. The molecule has 1 N–H and O–H groups in total. The fraction of sp³-hybridized carbons (Fsp3) is 0.250. The first-order chi connectivity index (χ1) is 6.83. The molecule has 2 nitrogen and oxygen atoms in total. The number of hydrazone groups is 1. The molecular weight excluding hydrogens is 172 g/mol. The highest BCUT2D eigenvalue weighted by atomic mass is 15.3. The summed E-state index contributed by atoms with van der Waals surface area (Å²) in [5, 5.41) is 3.96. The van der Waals surface area contributed by atoms with Gasteiger partial charge in [0.2, 0.25) is 0 Å². The molecule has 14 heavy (non-hydrogen) atoms. The summed E-state index contributed by atoms with van der Waals surface area (Å²) < 4.78 is 0. The van der Waals surface area contributed by atoms with Crippen molar-refractivity contribution in [2.45, 2.75) is 13.3 Å². The molecule has 0 aliphatic carbocycles. The molecule has 0 spiro atoms. The quantitative estimate of drug-likeness (QED) is 0.329. The zero-order chi connectivity index (χ0) is 10.2. The van der Waals surface area contributed by atoms with E-state index < -0.39 is 0 Å². The first kappa shape index (κ1) is 10.3. The molecule has 1 rings (SSSR count). The third-order valence-corrected chi connectivity index (χ3v) is 1.81. The van der Waals surface area contributed by atoms with E-state index in [-0.39, 0.29) is 0 Å². The van der Waals surface area contributed by atoms with Gasteiger partial charge < -0.3 is 0 Å². The Morgan fingerprint density at radius 3 is 2.79 bits per heavy atom. The van der Waals surface area contributed by atoms with E-state index in [9.17, 15) is 0 Å². The molecule has 0 heterocycles. The maximum Gasteiger partial charge on any atom is 0.0935 e. The van der Waals surface area contributed by atoms with Gasteiger partial charge in [-0.05, 0) is 12.5 Å². The van der Waals surface area contributed by atoms with Crippen LogP contribution in [0.1, 0.15) is 11.1 Å². The number of terminal acetylenes is 1. The molecule has 0 bridgehead atoms. The van der Waals surface area contributed by atoms with Crippen LogP contribution in [0.2, 0.25) is 0 Å². The summed E-state index contributed by atoms with van der Waals surface area (Å²) in [6.45, 7) is 2.55. The smallest absolute Gasteiger partial charge is 0.0935 e. The van der Waals surface area contributed by atoms with E-state index in [1.807, 2.05) is 6.21 Å². The van der Waals surface area contributed by atoms with Crippen molar-refractivity contribution in [2.24, 2.45) is 5.10 Å². The molecular formula is C12H14N2.